The summed E-state index contributed by atoms with van der Waals surface area (Å²) in [6.07, 6.45) is 6.47. The van der Waals surface area contributed by atoms with Gasteiger partial charge in [0.2, 0.25) is 5.89 Å². The molecule has 0 bridgehead atoms. The van der Waals surface area contributed by atoms with Crippen LogP contribution in [0.2, 0.25) is 0 Å². The lowest BCUT2D eigenvalue weighted by Gasteiger charge is -2.03. The quantitative estimate of drug-likeness (QED) is 0.861. The average molecular weight is 245 g/mol. The third-order valence-corrected chi connectivity index (χ3v) is 3.15. The van der Waals surface area contributed by atoms with E-state index in [1.165, 1.54) is 0 Å². The summed E-state index contributed by atoms with van der Waals surface area (Å²) in [5, 5.41) is 13.7. The van der Waals surface area contributed by atoms with Crippen LogP contribution in [0.5, 0.6) is 0 Å². The Morgan fingerprint density at radius 1 is 1.44 bits per heavy atom. The molecule has 3 rings (SSSR count). The van der Waals surface area contributed by atoms with Gasteiger partial charge in [-0.25, -0.2) is 0 Å². The summed E-state index contributed by atoms with van der Waals surface area (Å²) in [4.78, 5) is 8.33. The minimum absolute atomic E-state index is 0.336. The van der Waals surface area contributed by atoms with Crippen LogP contribution in [0.3, 0.4) is 0 Å². The highest BCUT2D eigenvalue weighted by Crippen LogP contribution is 2.33. The minimum Gasteiger partial charge on any atom is -0.392 e. The summed E-state index contributed by atoms with van der Waals surface area (Å²) in [6, 6.07) is 3.86. The molecule has 0 saturated heterocycles. The molecular formula is C13H15N3O2. The molecule has 1 unspecified atom stereocenters. The number of aliphatic hydroxyl groups excluding tert-OH is 1. The Hall–Kier alpha value is -1.75. The second kappa shape index (κ2) is 4.86. The fourth-order valence-corrected chi connectivity index (χ4v) is 1.96. The molecule has 1 aliphatic rings. The highest BCUT2D eigenvalue weighted by molar-refractivity contribution is 5.13. The number of aromatic nitrogens is 3. The Kier molecular flexibility index (Phi) is 3.06. The largest absolute Gasteiger partial charge is 0.392 e. The van der Waals surface area contributed by atoms with E-state index >= 15 is 0 Å². The first-order valence-electron chi connectivity index (χ1n) is 6.19. The zero-order chi connectivity index (χ0) is 12.4. The standard InChI is InChI=1S/C13H15N3O2/c17-11(10-3-4-10)7-13-15-12(16-18-13)6-9-2-1-5-14-8-9/h1-2,5,8,10-11,17H,3-4,6-7H2. The lowest BCUT2D eigenvalue weighted by Crippen LogP contribution is -2.12. The van der Waals surface area contributed by atoms with Gasteiger partial charge in [-0.15, -0.1) is 0 Å². The average Bonchev–Trinajstić information content (AvgIpc) is 3.15. The van der Waals surface area contributed by atoms with E-state index in [4.69, 9.17) is 4.52 Å². The zero-order valence-corrected chi connectivity index (χ0v) is 9.99. The number of hydrogen-bond acceptors (Lipinski definition) is 5. The van der Waals surface area contributed by atoms with Crippen LogP contribution < -0.4 is 0 Å². The molecule has 2 aromatic heterocycles. The van der Waals surface area contributed by atoms with Crippen LogP contribution in [0.25, 0.3) is 0 Å². The van der Waals surface area contributed by atoms with Crippen LogP contribution in [-0.4, -0.2) is 26.3 Å². The molecule has 0 amide bonds. The Morgan fingerprint density at radius 2 is 2.33 bits per heavy atom. The van der Waals surface area contributed by atoms with Gasteiger partial charge in [-0.05, 0) is 30.4 Å². The van der Waals surface area contributed by atoms with Gasteiger partial charge in [0.1, 0.15) is 0 Å². The topological polar surface area (TPSA) is 72.0 Å². The summed E-state index contributed by atoms with van der Waals surface area (Å²) < 4.78 is 5.14. The fraction of sp³-hybridized carbons (Fsp3) is 0.462. The van der Waals surface area contributed by atoms with Crippen LogP contribution in [0, 0.1) is 5.92 Å². The molecule has 1 N–H and O–H groups in total. The van der Waals surface area contributed by atoms with Crippen molar-refractivity contribution in [2.24, 2.45) is 5.92 Å². The van der Waals surface area contributed by atoms with E-state index in [9.17, 15) is 5.11 Å². The molecule has 0 aromatic carbocycles. The molecule has 18 heavy (non-hydrogen) atoms. The molecule has 94 valence electrons. The molecule has 2 aromatic rings. The molecule has 0 radical (unpaired) electrons. The van der Waals surface area contributed by atoms with Gasteiger partial charge < -0.3 is 9.63 Å². The van der Waals surface area contributed by atoms with Crippen molar-refractivity contribution in [2.45, 2.75) is 31.8 Å². The van der Waals surface area contributed by atoms with Gasteiger partial charge in [0.25, 0.3) is 0 Å². The van der Waals surface area contributed by atoms with Crippen molar-refractivity contribution in [3.8, 4) is 0 Å². The van der Waals surface area contributed by atoms with E-state index in [0.717, 1.165) is 18.4 Å². The van der Waals surface area contributed by atoms with Crippen LogP contribution in [0.1, 0.15) is 30.1 Å². The summed E-state index contributed by atoms with van der Waals surface area (Å²) in [6.45, 7) is 0. The van der Waals surface area contributed by atoms with Gasteiger partial charge in [0.05, 0.1) is 12.5 Å². The Labute approximate surface area is 105 Å². The smallest absolute Gasteiger partial charge is 0.229 e. The molecular weight excluding hydrogens is 230 g/mol. The molecule has 5 nitrogen and oxygen atoms in total. The Bertz CT molecular complexity index is 508. The van der Waals surface area contributed by atoms with E-state index < -0.39 is 0 Å². The predicted octanol–water partition coefficient (Wildman–Crippen LogP) is 1.37. The highest BCUT2D eigenvalue weighted by atomic mass is 16.5. The first kappa shape index (κ1) is 11.3. The maximum Gasteiger partial charge on any atom is 0.229 e. The van der Waals surface area contributed by atoms with Crippen molar-refractivity contribution >= 4 is 0 Å². The SMILES string of the molecule is OC(Cc1nc(Cc2cccnc2)no1)C1CC1. The van der Waals surface area contributed by atoms with Crippen LogP contribution in [0.4, 0.5) is 0 Å². The van der Waals surface area contributed by atoms with Crippen molar-refractivity contribution in [3.05, 3.63) is 41.8 Å². The molecule has 1 saturated carbocycles. The number of rotatable bonds is 5. The molecule has 1 atom stereocenters. The lowest BCUT2D eigenvalue weighted by atomic mass is 10.1. The summed E-state index contributed by atoms with van der Waals surface area (Å²) in [5.41, 5.74) is 1.05. The van der Waals surface area contributed by atoms with Gasteiger partial charge in [-0.3, -0.25) is 4.98 Å². The number of hydrogen-bond donors (Lipinski definition) is 1. The van der Waals surface area contributed by atoms with Crippen molar-refractivity contribution in [1.82, 2.24) is 15.1 Å². The van der Waals surface area contributed by atoms with Crippen LogP contribution in [0.15, 0.2) is 29.0 Å². The van der Waals surface area contributed by atoms with Crippen LogP contribution >= 0.6 is 0 Å². The number of pyridine rings is 1. The van der Waals surface area contributed by atoms with Crippen molar-refractivity contribution in [1.29, 1.82) is 0 Å². The third-order valence-electron chi connectivity index (χ3n) is 3.15. The molecule has 5 heteroatoms. The first-order chi connectivity index (χ1) is 8.81. The summed E-state index contributed by atoms with van der Waals surface area (Å²) in [5.74, 6) is 1.59. The Morgan fingerprint density at radius 3 is 3.06 bits per heavy atom. The third kappa shape index (κ3) is 2.73. The van der Waals surface area contributed by atoms with Gasteiger partial charge in [0, 0.05) is 18.8 Å². The van der Waals surface area contributed by atoms with E-state index in [1.54, 1.807) is 12.4 Å². The Balaban J connectivity index is 1.62. The molecule has 2 heterocycles. The maximum atomic E-state index is 9.80. The summed E-state index contributed by atoms with van der Waals surface area (Å²) in [7, 11) is 0. The normalized spacial score (nSPS) is 16.7. The van der Waals surface area contributed by atoms with Crippen molar-refractivity contribution in [3.63, 3.8) is 0 Å². The van der Waals surface area contributed by atoms with Crippen LogP contribution in [-0.2, 0) is 12.8 Å². The predicted molar refractivity (Wildman–Crippen MR) is 63.8 cm³/mol. The second-order valence-corrected chi connectivity index (χ2v) is 4.75. The van der Waals surface area contributed by atoms with E-state index in [2.05, 4.69) is 15.1 Å². The van der Waals surface area contributed by atoms with Gasteiger partial charge in [0.15, 0.2) is 5.82 Å². The first-order valence-corrected chi connectivity index (χ1v) is 6.19. The zero-order valence-electron chi connectivity index (χ0n) is 9.99. The minimum atomic E-state index is -0.336. The second-order valence-electron chi connectivity index (χ2n) is 4.75. The van der Waals surface area contributed by atoms with E-state index in [-0.39, 0.29) is 6.10 Å². The molecule has 0 spiro atoms. The maximum absolute atomic E-state index is 9.80. The molecule has 1 fully saturated rings. The van der Waals surface area contributed by atoms with E-state index in [1.807, 2.05) is 12.1 Å². The summed E-state index contributed by atoms with van der Waals surface area (Å²) >= 11 is 0. The van der Waals surface area contributed by atoms with Gasteiger partial charge in [-0.2, -0.15) is 4.98 Å². The fourth-order valence-electron chi connectivity index (χ4n) is 1.96. The molecule has 0 aliphatic heterocycles. The monoisotopic (exact) mass is 245 g/mol. The number of aliphatic hydroxyl groups is 1. The van der Waals surface area contributed by atoms with Crippen molar-refractivity contribution in [2.75, 3.05) is 0 Å². The van der Waals surface area contributed by atoms with Crippen molar-refractivity contribution < 1.29 is 9.63 Å². The van der Waals surface area contributed by atoms with E-state index in [0.29, 0.717) is 30.5 Å². The van der Waals surface area contributed by atoms with Gasteiger partial charge >= 0.3 is 0 Å². The lowest BCUT2D eigenvalue weighted by molar-refractivity contribution is 0.140. The van der Waals surface area contributed by atoms with Gasteiger partial charge in [-0.1, -0.05) is 11.2 Å². The number of nitrogens with zero attached hydrogens (tertiary/aromatic N) is 3. The molecule has 1 aliphatic carbocycles. The highest BCUT2D eigenvalue weighted by Gasteiger charge is 2.30.